The summed E-state index contributed by atoms with van der Waals surface area (Å²) in [6.07, 6.45) is 0. The predicted molar refractivity (Wildman–Crippen MR) is 72.5 cm³/mol. The molecule has 88 valence electrons. The topological polar surface area (TPSA) is 17.1 Å². The minimum atomic E-state index is -0.326. The third-order valence-electron chi connectivity index (χ3n) is 3.12. The number of Topliss-reactive ketones (excluding diaryl/α,β-unsaturated/α-hetero) is 1. The van der Waals surface area contributed by atoms with E-state index >= 15 is 0 Å². The van der Waals surface area contributed by atoms with Gasteiger partial charge in [-0.3, -0.25) is 4.79 Å². The molecule has 0 aliphatic heterocycles. The van der Waals surface area contributed by atoms with Crippen LogP contribution in [0.5, 0.6) is 0 Å². The molecule has 0 saturated heterocycles. The molecule has 0 spiro atoms. The van der Waals surface area contributed by atoms with Gasteiger partial charge in [0.2, 0.25) is 0 Å². The zero-order valence-corrected chi connectivity index (χ0v) is 10.9. The maximum absolute atomic E-state index is 12.3. The van der Waals surface area contributed by atoms with Gasteiger partial charge in [0.05, 0.1) is 0 Å². The number of carbonyl (C=O) groups is 1. The molecule has 0 heterocycles. The minimum absolute atomic E-state index is 0.209. The van der Waals surface area contributed by atoms with E-state index in [-0.39, 0.29) is 11.2 Å². The van der Waals surface area contributed by atoms with Gasteiger partial charge < -0.3 is 0 Å². The van der Waals surface area contributed by atoms with Gasteiger partial charge >= 0.3 is 0 Å². The zero-order valence-electron chi connectivity index (χ0n) is 10.9. The predicted octanol–water partition coefficient (Wildman–Crippen LogP) is 4.38. The molecule has 0 aliphatic carbocycles. The number of hydrogen-bond donors (Lipinski definition) is 0. The third-order valence-corrected chi connectivity index (χ3v) is 3.12. The smallest absolute Gasteiger partial charge is 0.168 e. The number of hydrogen-bond acceptors (Lipinski definition) is 1. The van der Waals surface area contributed by atoms with Crippen LogP contribution in [0.3, 0.4) is 0 Å². The molecule has 0 N–H and O–H groups in total. The fourth-order valence-corrected chi connectivity index (χ4v) is 2.08. The van der Waals surface area contributed by atoms with Crippen molar-refractivity contribution in [2.45, 2.75) is 27.7 Å². The van der Waals surface area contributed by atoms with E-state index in [2.05, 4.69) is 12.1 Å². The van der Waals surface area contributed by atoms with Gasteiger partial charge in [-0.15, -0.1) is 0 Å². The van der Waals surface area contributed by atoms with Gasteiger partial charge in [0.15, 0.2) is 5.78 Å². The summed E-state index contributed by atoms with van der Waals surface area (Å²) in [6, 6.07) is 12.2. The molecular weight excluding hydrogens is 208 g/mol. The number of fused-ring (bicyclic) bond motifs is 1. The molecule has 2 aromatic rings. The van der Waals surface area contributed by atoms with Crippen LogP contribution in [0.15, 0.2) is 36.4 Å². The van der Waals surface area contributed by atoms with E-state index in [4.69, 9.17) is 0 Å². The Hall–Kier alpha value is -1.63. The molecule has 0 saturated carbocycles. The molecule has 0 bridgehead atoms. The maximum Gasteiger partial charge on any atom is 0.168 e. The van der Waals surface area contributed by atoms with E-state index in [0.29, 0.717) is 0 Å². The Morgan fingerprint density at radius 3 is 2.29 bits per heavy atom. The first-order valence-corrected chi connectivity index (χ1v) is 5.94. The summed E-state index contributed by atoms with van der Waals surface area (Å²) < 4.78 is 0. The quantitative estimate of drug-likeness (QED) is 0.660. The number of aryl methyl sites for hydroxylation is 1. The van der Waals surface area contributed by atoms with Crippen LogP contribution in [0, 0.1) is 12.3 Å². The highest BCUT2D eigenvalue weighted by molar-refractivity contribution is 6.05. The summed E-state index contributed by atoms with van der Waals surface area (Å²) in [5.74, 6) is 0.209. The molecular formula is C16H18O. The van der Waals surface area contributed by atoms with E-state index in [1.807, 2.05) is 52.0 Å². The van der Waals surface area contributed by atoms with Gasteiger partial charge in [0.1, 0.15) is 0 Å². The Bertz CT molecular complexity index is 574. The largest absolute Gasteiger partial charge is 0.294 e. The van der Waals surface area contributed by atoms with Crippen molar-refractivity contribution in [1.82, 2.24) is 0 Å². The van der Waals surface area contributed by atoms with Crippen LogP contribution in [0.25, 0.3) is 10.8 Å². The standard InChI is InChI=1S/C16H18O/c1-11-13-8-6-5-7-12(13)9-10-14(11)15(17)16(2,3)4/h5-10H,1-4H3. The second kappa shape index (κ2) is 3.99. The first-order chi connectivity index (χ1) is 7.91. The van der Waals surface area contributed by atoms with Crippen LogP contribution < -0.4 is 0 Å². The molecule has 0 aliphatic rings. The summed E-state index contributed by atoms with van der Waals surface area (Å²) in [4.78, 5) is 12.3. The Morgan fingerprint density at radius 2 is 1.65 bits per heavy atom. The molecule has 0 radical (unpaired) electrons. The van der Waals surface area contributed by atoms with Crippen LogP contribution in [-0.2, 0) is 0 Å². The normalized spacial score (nSPS) is 11.8. The first-order valence-electron chi connectivity index (χ1n) is 5.94. The second-order valence-corrected chi connectivity index (χ2v) is 5.54. The van der Waals surface area contributed by atoms with Crippen molar-refractivity contribution >= 4 is 16.6 Å². The Labute approximate surface area is 102 Å². The molecule has 17 heavy (non-hydrogen) atoms. The van der Waals surface area contributed by atoms with Gasteiger partial charge in [-0.05, 0) is 23.3 Å². The van der Waals surface area contributed by atoms with Crippen molar-refractivity contribution in [3.05, 3.63) is 47.5 Å². The van der Waals surface area contributed by atoms with Crippen molar-refractivity contribution in [1.29, 1.82) is 0 Å². The van der Waals surface area contributed by atoms with Crippen molar-refractivity contribution in [2.24, 2.45) is 5.41 Å². The Morgan fingerprint density at radius 1 is 1.00 bits per heavy atom. The van der Waals surface area contributed by atoms with Crippen molar-refractivity contribution in [3.63, 3.8) is 0 Å². The third kappa shape index (κ3) is 2.10. The summed E-state index contributed by atoms with van der Waals surface area (Å²) in [5, 5.41) is 2.36. The van der Waals surface area contributed by atoms with Crippen molar-refractivity contribution < 1.29 is 4.79 Å². The van der Waals surface area contributed by atoms with Crippen molar-refractivity contribution in [2.75, 3.05) is 0 Å². The van der Waals surface area contributed by atoms with E-state index in [1.165, 1.54) is 10.8 Å². The number of carbonyl (C=O) groups excluding carboxylic acids is 1. The average Bonchev–Trinajstić information content (AvgIpc) is 2.28. The number of benzene rings is 2. The summed E-state index contributed by atoms with van der Waals surface area (Å²) in [5.41, 5.74) is 1.60. The summed E-state index contributed by atoms with van der Waals surface area (Å²) in [6.45, 7) is 7.92. The fourth-order valence-electron chi connectivity index (χ4n) is 2.08. The number of ketones is 1. The van der Waals surface area contributed by atoms with Crippen LogP contribution in [0.1, 0.15) is 36.7 Å². The lowest BCUT2D eigenvalue weighted by molar-refractivity contribution is 0.0858. The van der Waals surface area contributed by atoms with E-state index in [0.717, 1.165) is 11.1 Å². The molecule has 0 atom stereocenters. The lowest BCUT2D eigenvalue weighted by atomic mass is 9.84. The first kappa shape index (κ1) is 11.8. The Kier molecular flexibility index (Phi) is 2.78. The molecule has 0 amide bonds. The average molecular weight is 226 g/mol. The minimum Gasteiger partial charge on any atom is -0.294 e. The van der Waals surface area contributed by atoms with Gasteiger partial charge in [0, 0.05) is 11.0 Å². The van der Waals surface area contributed by atoms with Crippen molar-refractivity contribution in [3.8, 4) is 0 Å². The number of rotatable bonds is 1. The van der Waals surface area contributed by atoms with E-state index in [9.17, 15) is 4.79 Å². The second-order valence-electron chi connectivity index (χ2n) is 5.54. The van der Waals surface area contributed by atoms with Crippen LogP contribution >= 0.6 is 0 Å². The van der Waals surface area contributed by atoms with Crippen LogP contribution in [0.4, 0.5) is 0 Å². The van der Waals surface area contributed by atoms with Crippen LogP contribution in [-0.4, -0.2) is 5.78 Å². The molecule has 1 nitrogen and oxygen atoms in total. The summed E-state index contributed by atoms with van der Waals surface area (Å²) in [7, 11) is 0. The molecule has 0 unspecified atom stereocenters. The van der Waals surface area contributed by atoms with Gasteiger partial charge in [-0.2, -0.15) is 0 Å². The molecule has 0 aromatic heterocycles. The molecule has 1 heteroatoms. The Balaban J connectivity index is 2.65. The maximum atomic E-state index is 12.3. The summed E-state index contributed by atoms with van der Waals surface area (Å²) >= 11 is 0. The SMILES string of the molecule is Cc1c(C(=O)C(C)(C)C)ccc2ccccc12. The van der Waals surface area contributed by atoms with E-state index < -0.39 is 0 Å². The van der Waals surface area contributed by atoms with Gasteiger partial charge in [-0.25, -0.2) is 0 Å². The molecule has 2 rings (SSSR count). The van der Waals surface area contributed by atoms with Gasteiger partial charge in [0.25, 0.3) is 0 Å². The highest BCUT2D eigenvalue weighted by Gasteiger charge is 2.24. The highest BCUT2D eigenvalue weighted by atomic mass is 16.1. The van der Waals surface area contributed by atoms with Crippen LogP contribution in [0.2, 0.25) is 0 Å². The fraction of sp³-hybridized carbons (Fsp3) is 0.312. The molecule has 0 fully saturated rings. The van der Waals surface area contributed by atoms with Gasteiger partial charge in [-0.1, -0.05) is 57.2 Å². The zero-order chi connectivity index (χ0) is 12.6. The lowest BCUT2D eigenvalue weighted by Gasteiger charge is -2.19. The highest BCUT2D eigenvalue weighted by Crippen LogP contribution is 2.27. The van der Waals surface area contributed by atoms with E-state index in [1.54, 1.807) is 0 Å². The lowest BCUT2D eigenvalue weighted by Crippen LogP contribution is -2.21. The monoisotopic (exact) mass is 226 g/mol. The molecule has 2 aromatic carbocycles.